The molecule has 0 spiro atoms. The third-order valence-electron chi connectivity index (χ3n) is 4.47. The molecule has 0 saturated carbocycles. The SMILES string of the molecule is CC(C)C(=O)N1CCC(C(=O)N2CCC[C@@H]2C(=O)O)CC1. The van der Waals surface area contributed by atoms with Crippen molar-refractivity contribution >= 4 is 17.8 Å². The monoisotopic (exact) mass is 296 g/mol. The van der Waals surface area contributed by atoms with Crippen LogP contribution < -0.4 is 0 Å². The third-order valence-corrected chi connectivity index (χ3v) is 4.47. The molecule has 0 radical (unpaired) electrons. The van der Waals surface area contributed by atoms with Gasteiger partial charge in [0, 0.05) is 31.5 Å². The minimum absolute atomic E-state index is 0.0211. The molecule has 1 N–H and O–H groups in total. The van der Waals surface area contributed by atoms with Crippen molar-refractivity contribution in [3.63, 3.8) is 0 Å². The number of nitrogens with zero attached hydrogens (tertiary/aromatic N) is 2. The highest BCUT2D eigenvalue weighted by Gasteiger charge is 2.38. The third kappa shape index (κ3) is 3.36. The van der Waals surface area contributed by atoms with Crippen molar-refractivity contribution < 1.29 is 19.5 Å². The first kappa shape index (κ1) is 15.8. The van der Waals surface area contributed by atoms with Gasteiger partial charge in [-0.05, 0) is 25.7 Å². The van der Waals surface area contributed by atoms with E-state index in [2.05, 4.69) is 0 Å². The number of likely N-dealkylation sites (tertiary alicyclic amines) is 2. The molecule has 1 atom stereocenters. The molecular weight excluding hydrogens is 272 g/mol. The van der Waals surface area contributed by atoms with Gasteiger partial charge in [-0.1, -0.05) is 13.8 Å². The Balaban J connectivity index is 1.91. The molecule has 2 amide bonds. The molecule has 6 nitrogen and oxygen atoms in total. The molecule has 2 saturated heterocycles. The van der Waals surface area contributed by atoms with Crippen molar-refractivity contribution in [2.45, 2.75) is 45.6 Å². The maximum atomic E-state index is 12.5. The first-order valence-corrected chi connectivity index (χ1v) is 7.74. The highest BCUT2D eigenvalue weighted by Crippen LogP contribution is 2.26. The number of carbonyl (C=O) groups is 3. The zero-order valence-electron chi connectivity index (χ0n) is 12.7. The van der Waals surface area contributed by atoms with Crippen molar-refractivity contribution in [1.29, 1.82) is 0 Å². The zero-order chi connectivity index (χ0) is 15.6. The quantitative estimate of drug-likeness (QED) is 0.841. The second-order valence-corrected chi connectivity index (χ2v) is 6.28. The van der Waals surface area contributed by atoms with Crippen LogP contribution in [-0.2, 0) is 14.4 Å². The van der Waals surface area contributed by atoms with E-state index in [4.69, 9.17) is 5.11 Å². The fourth-order valence-electron chi connectivity index (χ4n) is 3.23. The van der Waals surface area contributed by atoms with Crippen LogP contribution in [0.4, 0.5) is 0 Å². The Morgan fingerprint density at radius 1 is 1.05 bits per heavy atom. The molecule has 2 aliphatic heterocycles. The summed E-state index contributed by atoms with van der Waals surface area (Å²) >= 11 is 0. The second kappa shape index (κ2) is 6.45. The summed E-state index contributed by atoms with van der Waals surface area (Å²) in [6.45, 7) is 5.49. The molecule has 21 heavy (non-hydrogen) atoms. The van der Waals surface area contributed by atoms with E-state index in [0.29, 0.717) is 38.9 Å². The number of piperidine rings is 1. The molecule has 0 aromatic heterocycles. The molecule has 118 valence electrons. The summed E-state index contributed by atoms with van der Waals surface area (Å²) < 4.78 is 0. The largest absolute Gasteiger partial charge is 0.480 e. The van der Waals surface area contributed by atoms with E-state index in [-0.39, 0.29) is 23.7 Å². The van der Waals surface area contributed by atoms with Gasteiger partial charge in [-0.25, -0.2) is 4.79 Å². The minimum Gasteiger partial charge on any atom is -0.480 e. The lowest BCUT2D eigenvalue weighted by Gasteiger charge is -2.34. The predicted molar refractivity (Wildman–Crippen MR) is 76.5 cm³/mol. The Hall–Kier alpha value is -1.59. The summed E-state index contributed by atoms with van der Waals surface area (Å²) in [4.78, 5) is 38.9. The summed E-state index contributed by atoms with van der Waals surface area (Å²) in [7, 11) is 0. The highest BCUT2D eigenvalue weighted by molar-refractivity contribution is 5.86. The number of carboxylic acids is 1. The van der Waals surface area contributed by atoms with E-state index in [1.807, 2.05) is 18.7 Å². The molecule has 6 heteroatoms. The van der Waals surface area contributed by atoms with E-state index >= 15 is 0 Å². The maximum Gasteiger partial charge on any atom is 0.326 e. The van der Waals surface area contributed by atoms with Crippen LogP contribution in [0.3, 0.4) is 0 Å². The number of hydrogen-bond acceptors (Lipinski definition) is 3. The zero-order valence-corrected chi connectivity index (χ0v) is 12.7. The second-order valence-electron chi connectivity index (χ2n) is 6.28. The van der Waals surface area contributed by atoms with Crippen LogP contribution in [0.1, 0.15) is 39.5 Å². The van der Waals surface area contributed by atoms with Crippen LogP contribution in [0, 0.1) is 11.8 Å². The Morgan fingerprint density at radius 2 is 1.67 bits per heavy atom. The fourth-order valence-corrected chi connectivity index (χ4v) is 3.23. The average molecular weight is 296 g/mol. The summed E-state index contributed by atoms with van der Waals surface area (Å²) in [6, 6.07) is -0.659. The van der Waals surface area contributed by atoms with E-state index in [1.165, 1.54) is 4.90 Å². The van der Waals surface area contributed by atoms with Gasteiger partial charge in [0.2, 0.25) is 11.8 Å². The first-order valence-electron chi connectivity index (χ1n) is 7.74. The van der Waals surface area contributed by atoms with Gasteiger partial charge in [-0.3, -0.25) is 9.59 Å². The van der Waals surface area contributed by atoms with Crippen molar-refractivity contribution in [1.82, 2.24) is 9.80 Å². The summed E-state index contributed by atoms with van der Waals surface area (Å²) in [5.74, 6) is -0.983. The van der Waals surface area contributed by atoms with Gasteiger partial charge in [-0.2, -0.15) is 0 Å². The van der Waals surface area contributed by atoms with Gasteiger partial charge < -0.3 is 14.9 Å². The summed E-state index contributed by atoms with van der Waals surface area (Å²) in [5, 5.41) is 9.16. The minimum atomic E-state index is -0.909. The number of rotatable bonds is 3. The van der Waals surface area contributed by atoms with Crippen LogP contribution in [-0.4, -0.2) is 58.4 Å². The lowest BCUT2D eigenvalue weighted by atomic mass is 9.94. The molecule has 2 fully saturated rings. The van der Waals surface area contributed by atoms with E-state index in [1.54, 1.807) is 0 Å². The number of aliphatic carboxylic acids is 1. The molecule has 2 heterocycles. The fraction of sp³-hybridized carbons (Fsp3) is 0.800. The molecule has 2 rings (SSSR count). The molecular formula is C15H24N2O4. The average Bonchev–Trinajstić information content (AvgIpc) is 2.95. The lowest BCUT2D eigenvalue weighted by molar-refractivity contribution is -0.151. The molecule has 0 aliphatic carbocycles. The molecule has 0 aromatic carbocycles. The topological polar surface area (TPSA) is 77.9 Å². The van der Waals surface area contributed by atoms with Crippen molar-refractivity contribution in [2.24, 2.45) is 11.8 Å². The van der Waals surface area contributed by atoms with E-state index < -0.39 is 12.0 Å². The Morgan fingerprint density at radius 3 is 2.19 bits per heavy atom. The number of hydrogen-bond donors (Lipinski definition) is 1. The summed E-state index contributed by atoms with van der Waals surface area (Å²) in [6.07, 6.45) is 2.58. The van der Waals surface area contributed by atoms with Crippen LogP contribution in [0.25, 0.3) is 0 Å². The van der Waals surface area contributed by atoms with Crippen LogP contribution >= 0.6 is 0 Å². The van der Waals surface area contributed by atoms with E-state index in [0.717, 1.165) is 6.42 Å². The van der Waals surface area contributed by atoms with Crippen LogP contribution in [0.2, 0.25) is 0 Å². The van der Waals surface area contributed by atoms with Gasteiger partial charge in [0.1, 0.15) is 6.04 Å². The number of carbonyl (C=O) groups excluding carboxylic acids is 2. The van der Waals surface area contributed by atoms with Crippen LogP contribution in [0.15, 0.2) is 0 Å². The highest BCUT2D eigenvalue weighted by atomic mass is 16.4. The normalized spacial score (nSPS) is 23.7. The summed E-state index contributed by atoms with van der Waals surface area (Å²) in [5.41, 5.74) is 0. The molecule has 0 bridgehead atoms. The lowest BCUT2D eigenvalue weighted by Crippen LogP contribution is -2.48. The van der Waals surface area contributed by atoms with Gasteiger partial charge in [-0.15, -0.1) is 0 Å². The van der Waals surface area contributed by atoms with Crippen molar-refractivity contribution in [2.75, 3.05) is 19.6 Å². The van der Waals surface area contributed by atoms with Gasteiger partial charge in [0.25, 0.3) is 0 Å². The number of amides is 2. The standard InChI is InChI=1S/C15H24N2O4/c1-10(2)13(18)16-8-5-11(6-9-16)14(19)17-7-3-4-12(17)15(20)21/h10-12H,3-9H2,1-2H3,(H,20,21)/t12-/m1/s1. The Bertz CT molecular complexity index is 427. The predicted octanol–water partition coefficient (Wildman–Crippen LogP) is 0.957. The van der Waals surface area contributed by atoms with E-state index in [9.17, 15) is 14.4 Å². The molecule has 0 unspecified atom stereocenters. The van der Waals surface area contributed by atoms with Crippen molar-refractivity contribution in [3.8, 4) is 0 Å². The Kier molecular flexibility index (Phi) is 4.85. The Labute approximate surface area is 125 Å². The van der Waals surface area contributed by atoms with Crippen molar-refractivity contribution in [3.05, 3.63) is 0 Å². The molecule has 2 aliphatic rings. The smallest absolute Gasteiger partial charge is 0.326 e. The first-order chi connectivity index (χ1) is 9.91. The van der Waals surface area contributed by atoms with Crippen LogP contribution in [0.5, 0.6) is 0 Å². The number of carboxylic acid groups (broad SMARTS) is 1. The van der Waals surface area contributed by atoms with Gasteiger partial charge in [0.05, 0.1) is 0 Å². The maximum absolute atomic E-state index is 12.5. The van der Waals surface area contributed by atoms with Gasteiger partial charge >= 0.3 is 5.97 Å². The molecule has 0 aromatic rings. The van der Waals surface area contributed by atoms with Gasteiger partial charge in [0.15, 0.2) is 0 Å².